The molecule has 2 nitrogen and oxygen atoms in total. The number of aryl methyl sites for hydroxylation is 1. The van der Waals surface area contributed by atoms with Crippen molar-refractivity contribution in [1.29, 1.82) is 0 Å². The molecule has 0 fully saturated rings. The first-order valence-corrected chi connectivity index (χ1v) is 2.10. The number of hydrogen-bond acceptors (Lipinski definition) is 1. The Hall–Kier alpha value is -0.790. The van der Waals surface area contributed by atoms with E-state index >= 15 is 0 Å². The fraction of sp³-hybridized carbons (Fsp3) is 0.200. The highest BCUT2D eigenvalue weighted by molar-refractivity contribution is 5.00. The average Bonchev–Trinajstić information content (AvgIpc) is 1.87. The minimum atomic E-state index is 0.822. The summed E-state index contributed by atoms with van der Waals surface area (Å²) in [7, 11) is 1.87. The Morgan fingerprint density at radius 1 is 1.86 bits per heavy atom. The third kappa shape index (κ3) is 0.796. The summed E-state index contributed by atoms with van der Waals surface area (Å²) in [6.45, 7) is 3.61. The number of aromatic nitrogens is 2. The van der Waals surface area contributed by atoms with Gasteiger partial charge in [0, 0.05) is 13.2 Å². The summed E-state index contributed by atoms with van der Waals surface area (Å²) in [6, 6.07) is 1.86. The highest BCUT2D eigenvalue weighted by atomic mass is 15.2. The molecule has 0 spiro atoms. The van der Waals surface area contributed by atoms with Crippen molar-refractivity contribution >= 4 is 0 Å². The van der Waals surface area contributed by atoms with Crippen LogP contribution in [0.25, 0.3) is 0 Å². The lowest BCUT2D eigenvalue weighted by Gasteiger charge is -1.79. The van der Waals surface area contributed by atoms with Crippen LogP contribution in [0.1, 0.15) is 5.69 Å². The van der Waals surface area contributed by atoms with Gasteiger partial charge in [0.1, 0.15) is 0 Å². The van der Waals surface area contributed by atoms with Crippen molar-refractivity contribution in [3.63, 3.8) is 0 Å². The van der Waals surface area contributed by atoms with Gasteiger partial charge in [0.25, 0.3) is 0 Å². The van der Waals surface area contributed by atoms with Gasteiger partial charge >= 0.3 is 0 Å². The zero-order valence-electron chi connectivity index (χ0n) is 4.26. The molecule has 0 aliphatic carbocycles. The van der Waals surface area contributed by atoms with Gasteiger partial charge in [-0.15, -0.1) is 0 Å². The maximum absolute atomic E-state index is 3.92. The van der Waals surface area contributed by atoms with E-state index in [1.807, 2.05) is 19.3 Å². The highest BCUT2D eigenvalue weighted by Gasteiger charge is 1.82. The monoisotopic (exact) mass is 95.1 g/mol. The predicted octanol–water partition coefficient (Wildman–Crippen LogP) is 0.602. The van der Waals surface area contributed by atoms with Crippen molar-refractivity contribution in [3.05, 3.63) is 24.9 Å². The molecule has 1 rings (SSSR count). The van der Waals surface area contributed by atoms with Gasteiger partial charge in [-0.25, -0.2) is 0 Å². The van der Waals surface area contributed by atoms with Crippen molar-refractivity contribution in [3.8, 4) is 0 Å². The molecule has 1 heterocycles. The summed E-state index contributed by atoms with van der Waals surface area (Å²) in [5.74, 6) is 0. The van der Waals surface area contributed by atoms with Crippen LogP contribution in [0.15, 0.2) is 12.3 Å². The van der Waals surface area contributed by atoms with Gasteiger partial charge in [0.2, 0.25) is 0 Å². The van der Waals surface area contributed by atoms with Crippen molar-refractivity contribution in [1.82, 2.24) is 9.78 Å². The average molecular weight is 95.1 g/mol. The molecule has 0 amide bonds. The molecule has 2 heteroatoms. The van der Waals surface area contributed by atoms with Crippen LogP contribution in [-0.2, 0) is 7.05 Å². The number of rotatable bonds is 0. The highest BCUT2D eigenvalue weighted by Crippen LogP contribution is 1.86. The second-order valence-electron chi connectivity index (χ2n) is 1.48. The minimum Gasteiger partial charge on any atom is -0.276 e. The molecule has 1 aromatic heterocycles. The van der Waals surface area contributed by atoms with Gasteiger partial charge in [-0.05, 0) is 13.0 Å². The first kappa shape index (κ1) is 4.37. The molecular formula is C5H7N2. The normalized spacial score (nSPS) is 9.43. The quantitative estimate of drug-likeness (QED) is 0.461. The first-order chi connectivity index (χ1) is 3.29. The van der Waals surface area contributed by atoms with Gasteiger partial charge in [-0.3, -0.25) is 4.68 Å². The van der Waals surface area contributed by atoms with E-state index in [0.29, 0.717) is 0 Å². The maximum Gasteiger partial charge on any atom is 0.0628 e. The Kier molecular flexibility index (Phi) is 0.855. The van der Waals surface area contributed by atoms with Crippen LogP contribution in [0.3, 0.4) is 0 Å². The van der Waals surface area contributed by atoms with E-state index in [2.05, 4.69) is 12.0 Å². The lowest BCUT2D eigenvalue weighted by Crippen LogP contribution is -1.86. The van der Waals surface area contributed by atoms with E-state index in [0.717, 1.165) is 5.69 Å². The fourth-order valence-electron chi connectivity index (χ4n) is 0.463. The van der Waals surface area contributed by atoms with Crippen molar-refractivity contribution in [2.24, 2.45) is 7.05 Å². The molecule has 0 unspecified atom stereocenters. The van der Waals surface area contributed by atoms with Crippen LogP contribution in [-0.4, -0.2) is 9.78 Å². The Labute approximate surface area is 42.8 Å². The SMILES string of the molecule is [CH2]c1ccn(C)n1. The predicted molar refractivity (Wildman–Crippen MR) is 27.7 cm³/mol. The van der Waals surface area contributed by atoms with Gasteiger partial charge in [-0.2, -0.15) is 5.10 Å². The summed E-state index contributed by atoms with van der Waals surface area (Å²) in [6.07, 6.45) is 1.86. The molecule has 0 atom stereocenters. The number of nitrogens with zero attached hydrogens (tertiary/aromatic N) is 2. The molecule has 0 aromatic carbocycles. The van der Waals surface area contributed by atoms with Crippen LogP contribution >= 0.6 is 0 Å². The minimum absolute atomic E-state index is 0.822. The maximum atomic E-state index is 3.92. The molecule has 0 N–H and O–H groups in total. The van der Waals surface area contributed by atoms with Crippen molar-refractivity contribution < 1.29 is 0 Å². The van der Waals surface area contributed by atoms with E-state index in [-0.39, 0.29) is 0 Å². The summed E-state index contributed by atoms with van der Waals surface area (Å²) < 4.78 is 1.72. The molecule has 7 heavy (non-hydrogen) atoms. The molecular weight excluding hydrogens is 88.1 g/mol. The van der Waals surface area contributed by atoms with Crippen molar-refractivity contribution in [2.75, 3.05) is 0 Å². The largest absolute Gasteiger partial charge is 0.276 e. The smallest absolute Gasteiger partial charge is 0.0628 e. The molecule has 0 saturated heterocycles. The van der Waals surface area contributed by atoms with Crippen LogP contribution in [0.5, 0.6) is 0 Å². The molecule has 37 valence electrons. The van der Waals surface area contributed by atoms with Crippen LogP contribution in [0.4, 0.5) is 0 Å². The Balaban J connectivity index is 3.04. The molecule has 0 aliphatic heterocycles. The lowest BCUT2D eigenvalue weighted by molar-refractivity contribution is 0.762. The second-order valence-corrected chi connectivity index (χ2v) is 1.48. The molecule has 0 bridgehead atoms. The first-order valence-electron chi connectivity index (χ1n) is 2.10. The van der Waals surface area contributed by atoms with E-state index in [1.54, 1.807) is 4.68 Å². The van der Waals surface area contributed by atoms with E-state index < -0.39 is 0 Å². The lowest BCUT2D eigenvalue weighted by atomic mass is 10.5. The zero-order valence-corrected chi connectivity index (χ0v) is 4.26. The van der Waals surface area contributed by atoms with E-state index in [1.165, 1.54) is 0 Å². The molecule has 0 aliphatic rings. The third-order valence-electron chi connectivity index (χ3n) is 0.769. The van der Waals surface area contributed by atoms with E-state index in [4.69, 9.17) is 0 Å². The van der Waals surface area contributed by atoms with E-state index in [9.17, 15) is 0 Å². The summed E-state index contributed by atoms with van der Waals surface area (Å²) in [5.41, 5.74) is 0.822. The second kappa shape index (κ2) is 1.37. The molecule has 1 aromatic rings. The van der Waals surface area contributed by atoms with Crippen LogP contribution in [0.2, 0.25) is 0 Å². The zero-order chi connectivity index (χ0) is 5.28. The fourth-order valence-corrected chi connectivity index (χ4v) is 0.463. The standard InChI is InChI=1S/C5H7N2/c1-5-3-4-7(2)6-5/h3-4H,1H2,2H3. The van der Waals surface area contributed by atoms with Crippen molar-refractivity contribution in [2.45, 2.75) is 0 Å². The Morgan fingerprint density at radius 3 is 2.71 bits per heavy atom. The van der Waals surface area contributed by atoms with Gasteiger partial charge < -0.3 is 0 Å². The van der Waals surface area contributed by atoms with Crippen LogP contribution in [0, 0.1) is 6.92 Å². The Morgan fingerprint density at radius 2 is 2.57 bits per heavy atom. The summed E-state index contributed by atoms with van der Waals surface area (Å²) in [4.78, 5) is 0. The van der Waals surface area contributed by atoms with Gasteiger partial charge in [-0.1, -0.05) is 0 Å². The summed E-state index contributed by atoms with van der Waals surface area (Å²) in [5, 5.41) is 3.92. The number of hydrogen-bond donors (Lipinski definition) is 0. The van der Waals surface area contributed by atoms with Gasteiger partial charge in [0.15, 0.2) is 0 Å². The molecule has 1 radical (unpaired) electrons. The summed E-state index contributed by atoms with van der Waals surface area (Å²) >= 11 is 0. The van der Waals surface area contributed by atoms with Crippen LogP contribution < -0.4 is 0 Å². The third-order valence-corrected chi connectivity index (χ3v) is 0.769. The Bertz CT molecular complexity index is 138. The topological polar surface area (TPSA) is 17.8 Å². The molecule has 0 saturated carbocycles. The van der Waals surface area contributed by atoms with Gasteiger partial charge in [0.05, 0.1) is 5.69 Å².